The minimum absolute atomic E-state index is 0.112. The van der Waals surface area contributed by atoms with Crippen molar-refractivity contribution < 1.29 is 19.1 Å². The molecule has 1 fully saturated rings. The molecule has 7 heteroatoms. The molecule has 0 atom stereocenters. The number of nitrogens with one attached hydrogen (secondary N) is 2. The molecule has 0 saturated carbocycles. The molecule has 0 spiro atoms. The van der Waals surface area contributed by atoms with Crippen molar-refractivity contribution in [2.75, 3.05) is 11.9 Å². The highest BCUT2D eigenvalue weighted by molar-refractivity contribution is 6.15. The number of amides is 4. The summed E-state index contributed by atoms with van der Waals surface area (Å²) in [6, 6.07) is 23.7. The van der Waals surface area contributed by atoms with E-state index in [2.05, 4.69) is 10.6 Å². The number of urea groups is 1. The van der Waals surface area contributed by atoms with Crippen LogP contribution in [0.15, 0.2) is 84.6 Å². The average Bonchev–Trinajstić information content (AvgIpc) is 3.06. The fourth-order valence-electron chi connectivity index (χ4n) is 3.35. The minimum Gasteiger partial charge on any atom is -0.489 e. The molecule has 1 aliphatic rings. The molecule has 1 saturated heterocycles. The summed E-state index contributed by atoms with van der Waals surface area (Å²) in [5, 5.41) is 5.23. The van der Waals surface area contributed by atoms with Crippen molar-refractivity contribution in [1.29, 1.82) is 0 Å². The van der Waals surface area contributed by atoms with Crippen LogP contribution >= 0.6 is 0 Å². The monoisotopic (exact) mass is 441 g/mol. The Hall–Kier alpha value is -4.39. The van der Waals surface area contributed by atoms with E-state index in [1.54, 1.807) is 36.4 Å². The summed E-state index contributed by atoms with van der Waals surface area (Å²) in [6.07, 6.45) is 1.57. The van der Waals surface area contributed by atoms with E-state index in [4.69, 9.17) is 4.74 Å². The van der Waals surface area contributed by atoms with Crippen LogP contribution in [0.25, 0.3) is 6.08 Å². The predicted molar refractivity (Wildman–Crippen MR) is 125 cm³/mol. The molecular weight excluding hydrogens is 418 g/mol. The molecule has 1 heterocycles. The van der Waals surface area contributed by atoms with Gasteiger partial charge < -0.3 is 15.4 Å². The molecule has 4 rings (SSSR count). The number of imide groups is 1. The minimum atomic E-state index is -0.631. The molecule has 1 aliphatic heterocycles. The summed E-state index contributed by atoms with van der Waals surface area (Å²) in [5.41, 5.74) is 3.49. The van der Waals surface area contributed by atoms with E-state index in [0.717, 1.165) is 21.6 Å². The molecule has 7 nitrogen and oxygen atoms in total. The van der Waals surface area contributed by atoms with Crippen molar-refractivity contribution in [2.45, 2.75) is 13.5 Å². The second kappa shape index (κ2) is 9.82. The zero-order chi connectivity index (χ0) is 23.2. The van der Waals surface area contributed by atoms with E-state index < -0.39 is 17.8 Å². The van der Waals surface area contributed by atoms with Crippen molar-refractivity contribution in [2.24, 2.45) is 0 Å². The van der Waals surface area contributed by atoms with Gasteiger partial charge >= 0.3 is 6.03 Å². The largest absolute Gasteiger partial charge is 0.489 e. The van der Waals surface area contributed by atoms with Crippen LogP contribution in [0.3, 0.4) is 0 Å². The molecule has 0 unspecified atom stereocenters. The predicted octanol–water partition coefficient (Wildman–Crippen LogP) is 4.11. The number of benzene rings is 3. The van der Waals surface area contributed by atoms with Gasteiger partial charge in [0.1, 0.15) is 24.6 Å². The van der Waals surface area contributed by atoms with Gasteiger partial charge in [-0.2, -0.15) is 0 Å². The highest BCUT2D eigenvalue weighted by Gasteiger charge is 2.34. The Morgan fingerprint density at radius 3 is 2.48 bits per heavy atom. The number of hydrogen-bond acceptors (Lipinski definition) is 4. The third-order valence-electron chi connectivity index (χ3n) is 5.01. The number of anilines is 1. The number of carbonyl (C=O) groups is 3. The maximum Gasteiger partial charge on any atom is 0.329 e. The quantitative estimate of drug-likeness (QED) is 0.427. The summed E-state index contributed by atoms with van der Waals surface area (Å²) < 4.78 is 5.76. The van der Waals surface area contributed by atoms with Gasteiger partial charge in [-0.3, -0.25) is 9.59 Å². The van der Waals surface area contributed by atoms with E-state index in [1.807, 2.05) is 55.5 Å². The Labute approximate surface area is 191 Å². The third-order valence-corrected chi connectivity index (χ3v) is 5.01. The second-order valence-electron chi connectivity index (χ2n) is 7.64. The highest BCUT2D eigenvalue weighted by atomic mass is 16.5. The standard InChI is InChI=1S/C26H23N3O4/c1-18-6-5-9-21(14-18)27-24(30)16-29-25(31)23(28-26(29)32)15-19-10-12-22(13-11-19)33-17-20-7-3-2-4-8-20/h2-15H,16-17H2,1H3,(H,27,30)(H,28,32)/b23-15+. The summed E-state index contributed by atoms with van der Waals surface area (Å²) in [6.45, 7) is 1.99. The number of hydrogen-bond donors (Lipinski definition) is 2. The Morgan fingerprint density at radius 2 is 1.76 bits per heavy atom. The Balaban J connectivity index is 1.36. The first kappa shape index (κ1) is 21.8. The molecule has 2 N–H and O–H groups in total. The summed E-state index contributed by atoms with van der Waals surface area (Å²) >= 11 is 0. The molecule has 166 valence electrons. The summed E-state index contributed by atoms with van der Waals surface area (Å²) in [4.78, 5) is 38.1. The first-order valence-corrected chi connectivity index (χ1v) is 10.5. The maximum atomic E-state index is 12.7. The lowest BCUT2D eigenvalue weighted by molar-refractivity contribution is -0.127. The van der Waals surface area contributed by atoms with Crippen LogP contribution in [0.1, 0.15) is 16.7 Å². The highest BCUT2D eigenvalue weighted by Crippen LogP contribution is 2.18. The van der Waals surface area contributed by atoms with E-state index in [0.29, 0.717) is 18.0 Å². The second-order valence-corrected chi connectivity index (χ2v) is 7.64. The smallest absolute Gasteiger partial charge is 0.329 e. The van der Waals surface area contributed by atoms with Crippen LogP contribution in [-0.4, -0.2) is 29.3 Å². The van der Waals surface area contributed by atoms with Crippen molar-refractivity contribution in [3.8, 4) is 5.75 Å². The van der Waals surface area contributed by atoms with Gasteiger partial charge in [0.15, 0.2) is 0 Å². The zero-order valence-electron chi connectivity index (χ0n) is 18.1. The Bertz CT molecular complexity index is 1200. The van der Waals surface area contributed by atoms with Crippen LogP contribution in [-0.2, 0) is 16.2 Å². The first-order chi connectivity index (χ1) is 16.0. The van der Waals surface area contributed by atoms with E-state index >= 15 is 0 Å². The molecule has 0 aliphatic carbocycles. The Kier molecular flexibility index (Phi) is 6.50. The topological polar surface area (TPSA) is 87.7 Å². The van der Waals surface area contributed by atoms with Gasteiger partial charge in [-0.1, -0.05) is 54.6 Å². The van der Waals surface area contributed by atoms with Crippen molar-refractivity contribution >= 4 is 29.6 Å². The molecule has 4 amide bonds. The molecule has 3 aromatic rings. The number of carbonyl (C=O) groups excluding carboxylic acids is 3. The van der Waals surface area contributed by atoms with Crippen molar-refractivity contribution in [3.63, 3.8) is 0 Å². The SMILES string of the molecule is Cc1cccc(NC(=O)CN2C(=O)N/C(=C/c3ccc(OCc4ccccc4)cc3)C2=O)c1. The zero-order valence-corrected chi connectivity index (χ0v) is 18.1. The molecule has 33 heavy (non-hydrogen) atoms. The van der Waals surface area contributed by atoms with E-state index in [1.165, 1.54) is 0 Å². The van der Waals surface area contributed by atoms with Crippen LogP contribution in [0, 0.1) is 6.92 Å². The van der Waals surface area contributed by atoms with E-state index in [-0.39, 0.29) is 12.2 Å². The summed E-state index contributed by atoms with van der Waals surface area (Å²) in [7, 11) is 0. The molecule has 0 aromatic heterocycles. The van der Waals surface area contributed by atoms with Gasteiger partial charge in [0.25, 0.3) is 5.91 Å². The van der Waals surface area contributed by atoms with Crippen molar-refractivity contribution in [3.05, 3.63) is 101 Å². The Morgan fingerprint density at radius 1 is 1.00 bits per heavy atom. The van der Waals surface area contributed by atoms with Gasteiger partial charge in [0.05, 0.1) is 0 Å². The number of rotatable bonds is 7. The van der Waals surface area contributed by atoms with Gasteiger partial charge in [0, 0.05) is 5.69 Å². The molecule has 0 radical (unpaired) electrons. The van der Waals surface area contributed by atoms with Gasteiger partial charge in [-0.05, 0) is 54.0 Å². The van der Waals surface area contributed by atoms with Crippen LogP contribution in [0.4, 0.5) is 10.5 Å². The maximum absolute atomic E-state index is 12.7. The van der Waals surface area contributed by atoms with Gasteiger partial charge in [-0.25, -0.2) is 9.69 Å². The lowest BCUT2D eigenvalue weighted by atomic mass is 10.2. The van der Waals surface area contributed by atoms with E-state index in [9.17, 15) is 14.4 Å². The van der Waals surface area contributed by atoms with Crippen LogP contribution < -0.4 is 15.4 Å². The average molecular weight is 441 g/mol. The first-order valence-electron chi connectivity index (χ1n) is 10.5. The third kappa shape index (κ3) is 5.65. The fourth-order valence-corrected chi connectivity index (χ4v) is 3.35. The van der Waals surface area contributed by atoms with Crippen molar-refractivity contribution in [1.82, 2.24) is 10.2 Å². The number of aryl methyl sites for hydroxylation is 1. The van der Waals surface area contributed by atoms with Gasteiger partial charge in [0.2, 0.25) is 5.91 Å². The molecule has 3 aromatic carbocycles. The van der Waals surface area contributed by atoms with Gasteiger partial charge in [-0.15, -0.1) is 0 Å². The summed E-state index contributed by atoms with van der Waals surface area (Å²) in [5.74, 6) is -0.314. The normalized spacial score (nSPS) is 14.3. The molecule has 0 bridgehead atoms. The molecular formula is C26H23N3O4. The van der Waals surface area contributed by atoms with Crippen LogP contribution in [0.2, 0.25) is 0 Å². The number of nitrogens with zero attached hydrogens (tertiary/aromatic N) is 1. The lowest BCUT2D eigenvalue weighted by Crippen LogP contribution is -2.38. The fraction of sp³-hybridized carbons (Fsp3) is 0.115. The number of ether oxygens (including phenoxy) is 1. The van der Waals surface area contributed by atoms with Crippen LogP contribution in [0.5, 0.6) is 5.75 Å². The lowest BCUT2D eigenvalue weighted by Gasteiger charge is -2.12.